The summed E-state index contributed by atoms with van der Waals surface area (Å²) in [4.78, 5) is 13.6. The van der Waals surface area contributed by atoms with Crippen molar-refractivity contribution >= 4 is 23.3 Å². The second-order valence-corrected chi connectivity index (χ2v) is 5.68. The molecule has 0 saturated carbocycles. The van der Waals surface area contributed by atoms with Gasteiger partial charge in [0.05, 0.1) is 22.9 Å². The first-order chi connectivity index (χ1) is 9.81. The highest BCUT2D eigenvalue weighted by Gasteiger charge is 2.15. The number of para-hydroxylation sites is 1. The molecule has 6 heteroatoms. The molecule has 118 valence electrons. The molecule has 0 aromatic heterocycles. The standard InChI is InChI=1S/C15H23ClN2O3/c1-10(2)21-14-12(16)6-5-7-13(14)17-15(20)18(4)9-8-11(3)19/h5-7,10-11,19H,8-9H2,1-4H3,(H,17,20). The Morgan fingerprint density at radius 3 is 2.67 bits per heavy atom. The Labute approximate surface area is 130 Å². The first-order valence-electron chi connectivity index (χ1n) is 6.96. The number of aliphatic hydroxyl groups is 1. The lowest BCUT2D eigenvalue weighted by atomic mass is 10.2. The van der Waals surface area contributed by atoms with Crippen LogP contribution in [0.5, 0.6) is 5.75 Å². The lowest BCUT2D eigenvalue weighted by Crippen LogP contribution is -2.33. The molecule has 2 amide bonds. The van der Waals surface area contributed by atoms with Crippen molar-refractivity contribution in [3.63, 3.8) is 0 Å². The quantitative estimate of drug-likeness (QED) is 0.846. The van der Waals surface area contributed by atoms with E-state index in [-0.39, 0.29) is 12.1 Å². The topological polar surface area (TPSA) is 61.8 Å². The SMILES string of the molecule is CC(O)CCN(C)C(=O)Nc1cccc(Cl)c1OC(C)C. The van der Waals surface area contributed by atoms with Crippen molar-refractivity contribution in [2.75, 3.05) is 18.9 Å². The molecule has 0 bridgehead atoms. The van der Waals surface area contributed by atoms with E-state index in [0.29, 0.717) is 29.4 Å². The monoisotopic (exact) mass is 314 g/mol. The zero-order chi connectivity index (χ0) is 16.0. The first-order valence-corrected chi connectivity index (χ1v) is 7.34. The summed E-state index contributed by atoms with van der Waals surface area (Å²) >= 11 is 6.12. The molecule has 21 heavy (non-hydrogen) atoms. The first kappa shape index (κ1) is 17.6. The maximum Gasteiger partial charge on any atom is 0.321 e. The van der Waals surface area contributed by atoms with Crippen LogP contribution in [0.4, 0.5) is 10.5 Å². The average Bonchev–Trinajstić information content (AvgIpc) is 2.39. The van der Waals surface area contributed by atoms with Crippen LogP contribution in [0.2, 0.25) is 5.02 Å². The molecule has 0 aliphatic carbocycles. The van der Waals surface area contributed by atoms with Gasteiger partial charge >= 0.3 is 6.03 Å². The van der Waals surface area contributed by atoms with E-state index in [1.54, 1.807) is 32.2 Å². The number of aliphatic hydroxyl groups excluding tert-OH is 1. The van der Waals surface area contributed by atoms with E-state index in [9.17, 15) is 9.90 Å². The zero-order valence-electron chi connectivity index (χ0n) is 12.9. The number of anilines is 1. The van der Waals surface area contributed by atoms with Crippen molar-refractivity contribution in [1.82, 2.24) is 4.90 Å². The van der Waals surface area contributed by atoms with E-state index in [4.69, 9.17) is 16.3 Å². The average molecular weight is 315 g/mol. The van der Waals surface area contributed by atoms with Gasteiger partial charge in [0.2, 0.25) is 0 Å². The molecule has 1 atom stereocenters. The summed E-state index contributed by atoms with van der Waals surface area (Å²) in [7, 11) is 1.67. The molecule has 0 heterocycles. The van der Waals surface area contributed by atoms with Crippen LogP contribution in [-0.2, 0) is 0 Å². The maximum absolute atomic E-state index is 12.1. The molecule has 2 N–H and O–H groups in total. The number of carbonyl (C=O) groups excluding carboxylic acids is 1. The van der Waals surface area contributed by atoms with E-state index in [2.05, 4.69) is 5.32 Å². The maximum atomic E-state index is 12.1. The van der Waals surface area contributed by atoms with Crippen LogP contribution < -0.4 is 10.1 Å². The van der Waals surface area contributed by atoms with Gasteiger partial charge < -0.3 is 20.1 Å². The molecular formula is C15H23ClN2O3. The van der Waals surface area contributed by atoms with Gasteiger partial charge in [0.1, 0.15) is 0 Å². The molecule has 0 aliphatic heterocycles. The van der Waals surface area contributed by atoms with Crippen LogP contribution in [0.1, 0.15) is 27.2 Å². The molecule has 1 aromatic rings. The van der Waals surface area contributed by atoms with Crippen molar-refractivity contribution in [3.8, 4) is 5.75 Å². The lowest BCUT2D eigenvalue weighted by Gasteiger charge is -2.21. The fourth-order valence-corrected chi connectivity index (χ4v) is 1.87. The number of halogens is 1. The van der Waals surface area contributed by atoms with Crippen molar-refractivity contribution in [1.29, 1.82) is 0 Å². The van der Waals surface area contributed by atoms with E-state index in [1.165, 1.54) is 4.90 Å². The summed E-state index contributed by atoms with van der Waals surface area (Å²) in [5, 5.41) is 12.5. The number of nitrogens with one attached hydrogen (secondary N) is 1. The Bertz CT molecular complexity index is 478. The molecule has 1 rings (SSSR count). The van der Waals surface area contributed by atoms with Gasteiger partial charge in [-0.15, -0.1) is 0 Å². The molecule has 0 radical (unpaired) electrons. The minimum atomic E-state index is -0.439. The van der Waals surface area contributed by atoms with Gasteiger partial charge in [0.15, 0.2) is 5.75 Å². The molecule has 1 aromatic carbocycles. The van der Waals surface area contributed by atoms with Crippen molar-refractivity contribution in [2.45, 2.75) is 39.4 Å². The van der Waals surface area contributed by atoms with E-state index < -0.39 is 6.10 Å². The van der Waals surface area contributed by atoms with Crippen molar-refractivity contribution in [3.05, 3.63) is 23.2 Å². The summed E-state index contributed by atoms with van der Waals surface area (Å²) in [6.45, 7) is 5.94. The van der Waals surface area contributed by atoms with Gasteiger partial charge in [0.25, 0.3) is 0 Å². The van der Waals surface area contributed by atoms with Gasteiger partial charge in [-0.1, -0.05) is 17.7 Å². The number of urea groups is 1. The minimum absolute atomic E-state index is 0.0477. The number of benzene rings is 1. The predicted octanol–water partition coefficient (Wildman–Crippen LogP) is 3.36. The third-order valence-electron chi connectivity index (χ3n) is 2.79. The van der Waals surface area contributed by atoms with E-state index >= 15 is 0 Å². The number of carbonyl (C=O) groups is 1. The molecular weight excluding hydrogens is 292 g/mol. The van der Waals surface area contributed by atoms with Crippen LogP contribution in [0.25, 0.3) is 0 Å². The van der Waals surface area contributed by atoms with E-state index in [1.807, 2.05) is 13.8 Å². The van der Waals surface area contributed by atoms with Crippen LogP contribution in [0.15, 0.2) is 18.2 Å². The Morgan fingerprint density at radius 1 is 1.43 bits per heavy atom. The summed E-state index contributed by atoms with van der Waals surface area (Å²) in [5.74, 6) is 0.464. The summed E-state index contributed by atoms with van der Waals surface area (Å²) in [6, 6.07) is 4.93. The van der Waals surface area contributed by atoms with Gasteiger partial charge in [-0.2, -0.15) is 0 Å². The fraction of sp³-hybridized carbons (Fsp3) is 0.533. The largest absolute Gasteiger partial charge is 0.487 e. The van der Waals surface area contributed by atoms with Gasteiger partial charge in [-0.05, 0) is 39.3 Å². The molecule has 1 unspecified atom stereocenters. The van der Waals surface area contributed by atoms with E-state index in [0.717, 1.165) is 0 Å². The smallest absolute Gasteiger partial charge is 0.321 e. The Hall–Kier alpha value is -1.46. The number of rotatable bonds is 6. The second kappa shape index (κ2) is 8.10. The molecule has 5 nitrogen and oxygen atoms in total. The summed E-state index contributed by atoms with van der Waals surface area (Å²) in [6.07, 6.45) is 0.0363. The Morgan fingerprint density at radius 2 is 2.10 bits per heavy atom. The van der Waals surface area contributed by atoms with Crippen LogP contribution >= 0.6 is 11.6 Å². The predicted molar refractivity (Wildman–Crippen MR) is 85.2 cm³/mol. The highest BCUT2D eigenvalue weighted by molar-refractivity contribution is 6.32. The number of nitrogens with zero attached hydrogens (tertiary/aromatic N) is 1. The second-order valence-electron chi connectivity index (χ2n) is 5.27. The highest BCUT2D eigenvalue weighted by atomic mass is 35.5. The van der Waals surface area contributed by atoms with Gasteiger partial charge in [-0.25, -0.2) is 4.79 Å². The van der Waals surface area contributed by atoms with Crippen molar-refractivity contribution < 1.29 is 14.6 Å². The Balaban J connectivity index is 2.77. The third-order valence-corrected chi connectivity index (χ3v) is 3.09. The number of hydrogen-bond donors (Lipinski definition) is 2. The minimum Gasteiger partial charge on any atom is -0.487 e. The lowest BCUT2D eigenvalue weighted by molar-refractivity contribution is 0.167. The summed E-state index contributed by atoms with van der Waals surface area (Å²) < 4.78 is 5.65. The summed E-state index contributed by atoms with van der Waals surface area (Å²) in [5.41, 5.74) is 0.532. The molecule has 0 aliphatic rings. The van der Waals surface area contributed by atoms with Gasteiger partial charge in [0, 0.05) is 13.6 Å². The van der Waals surface area contributed by atoms with Gasteiger partial charge in [-0.3, -0.25) is 0 Å². The Kier molecular flexibility index (Phi) is 6.78. The third kappa shape index (κ3) is 5.81. The number of ether oxygens (including phenoxy) is 1. The van der Waals surface area contributed by atoms with Crippen LogP contribution in [-0.4, -0.2) is 41.8 Å². The number of hydrogen-bond acceptors (Lipinski definition) is 3. The fourth-order valence-electron chi connectivity index (χ4n) is 1.66. The molecule has 0 spiro atoms. The van der Waals surface area contributed by atoms with Crippen molar-refractivity contribution in [2.24, 2.45) is 0 Å². The van der Waals surface area contributed by atoms with Crippen LogP contribution in [0, 0.1) is 0 Å². The highest BCUT2D eigenvalue weighted by Crippen LogP contribution is 2.33. The number of amides is 2. The molecule has 0 fully saturated rings. The zero-order valence-corrected chi connectivity index (χ0v) is 13.6. The molecule has 0 saturated heterocycles. The normalized spacial score (nSPS) is 12.1. The van der Waals surface area contributed by atoms with Crippen LogP contribution in [0.3, 0.4) is 0 Å².